The Labute approximate surface area is 264 Å². The lowest BCUT2D eigenvalue weighted by Crippen LogP contribution is -2.29. The molecule has 0 radical (unpaired) electrons. The van der Waals surface area contributed by atoms with Gasteiger partial charge in [0, 0.05) is 24.2 Å². The standard InChI is InChI=1S/C34H35F4N3O3S/c1-19-14-26-27(39-33(45-5)40-32(26)42)16-25(19)29-30(34(36,37)38)20(2)15-28(31(29)35)41(17-21-6-10-23(43-3)11-7-21)18-22-8-12-24(44-4)13-9-22/h6-13,15,19,25H,14,16-18H2,1-5H3,(H,39,40,42)/t19-,25-/m1/s1. The van der Waals surface area contributed by atoms with E-state index in [0.29, 0.717) is 27.9 Å². The van der Waals surface area contributed by atoms with Gasteiger partial charge in [-0.2, -0.15) is 18.2 Å². The molecule has 0 unspecified atom stereocenters. The highest BCUT2D eigenvalue weighted by atomic mass is 32.2. The summed E-state index contributed by atoms with van der Waals surface area (Å²) in [5.41, 5.74) is 1.30. The third-order valence-electron chi connectivity index (χ3n) is 8.40. The van der Waals surface area contributed by atoms with E-state index >= 15 is 4.39 Å². The van der Waals surface area contributed by atoms with Crippen molar-refractivity contribution in [3.8, 4) is 17.4 Å². The molecular formula is C34H35F4N3O3S. The number of alkyl halides is 3. The van der Waals surface area contributed by atoms with E-state index in [-0.39, 0.29) is 48.6 Å². The molecule has 1 N–H and O–H groups in total. The molecule has 11 heteroatoms. The van der Waals surface area contributed by atoms with Gasteiger partial charge in [0.15, 0.2) is 11.0 Å². The second kappa shape index (κ2) is 13.2. The minimum atomic E-state index is -4.78. The van der Waals surface area contributed by atoms with Crippen LogP contribution in [0.25, 0.3) is 0 Å². The Balaban J connectivity index is 1.65. The highest BCUT2D eigenvalue weighted by molar-refractivity contribution is 7.98. The van der Waals surface area contributed by atoms with Crippen molar-refractivity contribution in [2.45, 2.75) is 57.0 Å². The van der Waals surface area contributed by atoms with E-state index in [0.717, 1.165) is 11.1 Å². The maximum absolute atomic E-state index is 17.0. The number of hydrogen-bond acceptors (Lipinski definition) is 7. The van der Waals surface area contributed by atoms with Gasteiger partial charge in [-0.25, -0.2) is 9.37 Å². The molecule has 1 aliphatic carbocycles. The smallest absolute Gasteiger partial charge is 0.417 e. The molecule has 0 amide bonds. The summed E-state index contributed by atoms with van der Waals surface area (Å²) >= 11 is 1.22. The van der Waals surface area contributed by atoms with Gasteiger partial charge < -0.3 is 19.5 Å². The molecule has 5 rings (SSSR count). The van der Waals surface area contributed by atoms with Crippen LogP contribution in [-0.2, 0) is 32.1 Å². The number of nitrogens with zero attached hydrogens (tertiary/aromatic N) is 3. The first-order valence-corrected chi connectivity index (χ1v) is 15.7. The Hall–Kier alpha value is -3.99. The van der Waals surface area contributed by atoms with Crippen molar-refractivity contribution >= 4 is 17.4 Å². The molecule has 1 heterocycles. The number of aryl methyl sites for hydroxylation is 1. The lowest BCUT2D eigenvalue weighted by Gasteiger charge is -2.35. The van der Waals surface area contributed by atoms with Gasteiger partial charge in [0.05, 0.1) is 31.2 Å². The zero-order valence-electron chi connectivity index (χ0n) is 25.7. The molecule has 0 spiro atoms. The Kier molecular flexibility index (Phi) is 9.48. The predicted octanol–water partition coefficient (Wildman–Crippen LogP) is 8.11. The van der Waals surface area contributed by atoms with Crippen LogP contribution in [0.4, 0.5) is 23.2 Å². The maximum atomic E-state index is 17.0. The summed E-state index contributed by atoms with van der Waals surface area (Å²) in [6.45, 7) is 3.63. The lowest BCUT2D eigenvalue weighted by molar-refractivity contribution is -0.139. The van der Waals surface area contributed by atoms with E-state index in [1.54, 1.807) is 56.6 Å². The number of aromatic nitrogens is 2. The Morgan fingerprint density at radius 3 is 1.98 bits per heavy atom. The van der Waals surface area contributed by atoms with Crippen LogP contribution in [-0.4, -0.2) is 35.5 Å². The summed E-state index contributed by atoms with van der Waals surface area (Å²) < 4.78 is 71.8. The average molecular weight is 642 g/mol. The van der Waals surface area contributed by atoms with Gasteiger partial charge in [0.2, 0.25) is 5.88 Å². The van der Waals surface area contributed by atoms with Gasteiger partial charge in [-0.1, -0.05) is 43.0 Å². The molecule has 45 heavy (non-hydrogen) atoms. The molecule has 1 aliphatic rings. The minimum absolute atomic E-state index is 0.0417. The predicted molar refractivity (Wildman–Crippen MR) is 167 cm³/mol. The summed E-state index contributed by atoms with van der Waals surface area (Å²) in [4.78, 5) is 10.4. The number of aromatic hydroxyl groups is 1. The fraction of sp³-hybridized carbons (Fsp3) is 0.353. The fourth-order valence-corrected chi connectivity index (χ4v) is 6.49. The first-order valence-electron chi connectivity index (χ1n) is 14.5. The van der Waals surface area contributed by atoms with Gasteiger partial charge in [0.25, 0.3) is 0 Å². The zero-order valence-corrected chi connectivity index (χ0v) is 26.5. The van der Waals surface area contributed by atoms with E-state index in [1.807, 2.05) is 24.3 Å². The topological polar surface area (TPSA) is 67.7 Å². The molecule has 0 bridgehead atoms. The Bertz CT molecular complexity index is 1610. The maximum Gasteiger partial charge on any atom is 0.417 e. The Morgan fingerprint density at radius 2 is 1.49 bits per heavy atom. The van der Waals surface area contributed by atoms with Crippen molar-refractivity contribution < 1.29 is 32.1 Å². The van der Waals surface area contributed by atoms with Crippen molar-refractivity contribution in [1.29, 1.82) is 0 Å². The van der Waals surface area contributed by atoms with E-state index < -0.39 is 29.4 Å². The number of benzene rings is 3. The number of fused-ring (bicyclic) bond motifs is 1. The highest BCUT2D eigenvalue weighted by Gasteiger charge is 2.43. The average Bonchev–Trinajstić information content (AvgIpc) is 3.01. The summed E-state index contributed by atoms with van der Waals surface area (Å²) in [5.74, 6) is -1.02. The molecular weight excluding hydrogens is 606 g/mol. The lowest BCUT2D eigenvalue weighted by atomic mass is 9.73. The van der Waals surface area contributed by atoms with Gasteiger partial charge in [-0.05, 0) is 84.9 Å². The van der Waals surface area contributed by atoms with Crippen LogP contribution in [0.1, 0.15) is 51.9 Å². The second-order valence-corrected chi connectivity index (χ2v) is 12.1. The van der Waals surface area contributed by atoms with Crippen molar-refractivity contribution in [3.63, 3.8) is 0 Å². The molecule has 2 atom stereocenters. The zero-order chi connectivity index (χ0) is 32.5. The molecule has 238 valence electrons. The number of anilines is 1. The van der Waals surface area contributed by atoms with Crippen LogP contribution in [0.2, 0.25) is 0 Å². The summed E-state index contributed by atoms with van der Waals surface area (Å²) in [5, 5.41) is 10.9. The first kappa shape index (κ1) is 32.4. The van der Waals surface area contributed by atoms with E-state index in [4.69, 9.17) is 9.47 Å². The molecule has 3 aromatic carbocycles. The van der Waals surface area contributed by atoms with Gasteiger partial charge in [0.1, 0.15) is 11.5 Å². The largest absolute Gasteiger partial charge is 0.497 e. The molecule has 4 aromatic rings. The third kappa shape index (κ3) is 6.83. The number of rotatable bonds is 9. The molecule has 0 fully saturated rings. The van der Waals surface area contributed by atoms with E-state index in [1.165, 1.54) is 24.8 Å². The third-order valence-corrected chi connectivity index (χ3v) is 8.95. The number of hydrogen-bond donors (Lipinski definition) is 1. The van der Waals surface area contributed by atoms with Crippen LogP contribution < -0.4 is 14.4 Å². The van der Waals surface area contributed by atoms with Crippen LogP contribution in [0.5, 0.6) is 17.4 Å². The monoisotopic (exact) mass is 641 g/mol. The quantitative estimate of drug-likeness (QED) is 0.113. The summed E-state index contributed by atoms with van der Waals surface area (Å²) in [6, 6.07) is 15.9. The van der Waals surface area contributed by atoms with Crippen LogP contribution in [0, 0.1) is 18.7 Å². The van der Waals surface area contributed by atoms with Crippen molar-refractivity contribution in [2.24, 2.45) is 5.92 Å². The van der Waals surface area contributed by atoms with Gasteiger partial charge >= 0.3 is 6.18 Å². The molecule has 6 nitrogen and oxygen atoms in total. The SMILES string of the molecule is COc1ccc(CN(Cc2ccc(OC)cc2)c2cc(C)c(C(F)(F)F)c([C@@H]3Cc4nc(SC)nc(O)c4C[C@H]3C)c2F)cc1. The van der Waals surface area contributed by atoms with Crippen molar-refractivity contribution in [3.05, 3.63) is 99.5 Å². The number of halogens is 4. The summed E-state index contributed by atoms with van der Waals surface area (Å²) in [6.07, 6.45) is -2.77. The van der Waals surface area contributed by atoms with Gasteiger partial charge in [-0.3, -0.25) is 0 Å². The van der Waals surface area contributed by atoms with Crippen LogP contribution in [0.3, 0.4) is 0 Å². The Morgan fingerprint density at radius 1 is 0.933 bits per heavy atom. The minimum Gasteiger partial charge on any atom is -0.497 e. The molecule has 1 aromatic heterocycles. The summed E-state index contributed by atoms with van der Waals surface area (Å²) in [7, 11) is 3.12. The van der Waals surface area contributed by atoms with Crippen molar-refractivity contribution in [1.82, 2.24) is 9.97 Å². The normalized spacial score (nSPS) is 16.3. The molecule has 0 saturated carbocycles. The van der Waals surface area contributed by atoms with E-state index in [9.17, 15) is 18.3 Å². The first-order chi connectivity index (χ1) is 21.4. The van der Waals surface area contributed by atoms with E-state index in [2.05, 4.69) is 9.97 Å². The van der Waals surface area contributed by atoms with Crippen LogP contribution >= 0.6 is 11.8 Å². The van der Waals surface area contributed by atoms with Crippen molar-refractivity contribution in [2.75, 3.05) is 25.4 Å². The number of ether oxygens (including phenoxy) is 2. The van der Waals surface area contributed by atoms with Gasteiger partial charge in [-0.15, -0.1) is 0 Å². The molecule has 0 aliphatic heterocycles. The number of methoxy groups -OCH3 is 2. The van der Waals surface area contributed by atoms with Crippen LogP contribution in [0.15, 0.2) is 59.8 Å². The highest BCUT2D eigenvalue weighted by Crippen LogP contribution is 2.48. The molecule has 0 saturated heterocycles. The second-order valence-electron chi connectivity index (χ2n) is 11.3. The fourth-order valence-electron chi connectivity index (χ4n) is 6.11. The number of thioether (sulfide) groups is 1.